The SMILES string of the molecule is CCC1CN(CCC(C)(C)OC)c2ccccc2CN1. The zero-order valence-electron chi connectivity index (χ0n) is 13.3. The molecular formula is C17H28N2O. The molecule has 0 amide bonds. The Balaban J connectivity index is 2.15. The van der Waals surface area contributed by atoms with Gasteiger partial charge in [0.2, 0.25) is 0 Å². The van der Waals surface area contributed by atoms with Gasteiger partial charge in [0.05, 0.1) is 5.60 Å². The maximum absolute atomic E-state index is 5.56. The van der Waals surface area contributed by atoms with Crippen molar-refractivity contribution in [1.82, 2.24) is 5.32 Å². The van der Waals surface area contributed by atoms with E-state index in [0.29, 0.717) is 6.04 Å². The topological polar surface area (TPSA) is 24.5 Å². The Hall–Kier alpha value is -1.06. The van der Waals surface area contributed by atoms with Gasteiger partial charge in [-0.3, -0.25) is 0 Å². The summed E-state index contributed by atoms with van der Waals surface area (Å²) in [6, 6.07) is 9.31. The predicted octanol–water partition coefficient (Wildman–Crippen LogP) is 3.19. The molecule has 0 saturated carbocycles. The van der Waals surface area contributed by atoms with Crippen molar-refractivity contribution in [1.29, 1.82) is 0 Å². The first-order valence-corrected chi connectivity index (χ1v) is 7.67. The van der Waals surface area contributed by atoms with E-state index in [0.717, 1.165) is 32.5 Å². The van der Waals surface area contributed by atoms with Crippen LogP contribution in [0.1, 0.15) is 39.2 Å². The molecule has 0 saturated heterocycles. The number of methoxy groups -OCH3 is 1. The van der Waals surface area contributed by atoms with Gasteiger partial charge in [-0.1, -0.05) is 25.1 Å². The summed E-state index contributed by atoms with van der Waals surface area (Å²) in [5.41, 5.74) is 2.72. The van der Waals surface area contributed by atoms with Gasteiger partial charge in [0.25, 0.3) is 0 Å². The Morgan fingerprint density at radius 2 is 2.10 bits per heavy atom. The van der Waals surface area contributed by atoms with Crippen molar-refractivity contribution in [3.63, 3.8) is 0 Å². The minimum Gasteiger partial charge on any atom is -0.379 e. The number of ether oxygens (including phenoxy) is 1. The lowest BCUT2D eigenvalue weighted by molar-refractivity contribution is 0.0171. The zero-order valence-corrected chi connectivity index (χ0v) is 13.3. The van der Waals surface area contributed by atoms with E-state index < -0.39 is 0 Å². The molecule has 1 aromatic carbocycles. The lowest BCUT2D eigenvalue weighted by atomic mass is 10.0. The Bertz CT molecular complexity index is 431. The Morgan fingerprint density at radius 3 is 2.80 bits per heavy atom. The van der Waals surface area contributed by atoms with Crippen LogP contribution in [0.5, 0.6) is 0 Å². The van der Waals surface area contributed by atoms with Crippen molar-refractivity contribution in [2.75, 3.05) is 25.1 Å². The van der Waals surface area contributed by atoms with Crippen molar-refractivity contribution in [2.24, 2.45) is 0 Å². The monoisotopic (exact) mass is 276 g/mol. The Morgan fingerprint density at radius 1 is 1.35 bits per heavy atom. The molecule has 0 bridgehead atoms. The molecule has 1 unspecified atom stereocenters. The molecule has 0 spiro atoms. The van der Waals surface area contributed by atoms with Gasteiger partial charge in [0.15, 0.2) is 0 Å². The summed E-state index contributed by atoms with van der Waals surface area (Å²) in [6.07, 6.45) is 2.20. The molecule has 0 aromatic heterocycles. The molecule has 20 heavy (non-hydrogen) atoms. The highest BCUT2D eigenvalue weighted by molar-refractivity contribution is 5.54. The van der Waals surface area contributed by atoms with Gasteiger partial charge < -0.3 is 15.0 Å². The summed E-state index contributed by atoms with van der Waals surface area (Å²) >= 11 is 0. The smallest absolute Gasteiger partial charge is 0.0639 e. The van der Waals surface area contributed by atoms with Crippen LogP contribution in [0.3, 0.4) is 0 Å². The van der Waals surface area contributed by atoms with Crippen LogP contribution < -0.4 is 10.2 Å². The molecule has 1 aromatic rings. The molecule has 3 nitrogen and oxygen atoms in total. The van der Waals surface area contributed by atoms with Crippen molar-refractivity contribution in [3.05, 3.63) is 29.8 Å². The normalized spacial score (nSPS) is 19.6. The molecule has 2 rings (SSSR count). The number of hydrogen-bond donors (Lipinski definition) is 1. The van der Waals surface area contributed by atoms with Crippen LogP contribution >= 0.6 is 0 Å². The second-order valence-electron chi connectivity index (χ2n) is 6.27. The molecule has 112 valence electrons. The van der Waals surface area contributed by atoms with E-state index in [1.807, 2.05) is 0 Å². The number of rotatable bonds is 5. The fourth-order valence-corrected chi connectivity index (χ4v) is 2.64. The third kappa shape index (κ3) is 3.74. The lowest BCUT2D eigenvalue weighted by Gasteiger charge is -2.31. The van der Waals surface area contributed by atoms with Crippen LogP contribution in [0, 0.1) is 0 Å². The first-order valence-electron chi connectivity index (χ1n) is 7.67. The molecule has 0 fully saturated rings. The number of fused-ring (bicyclic) bond motifs is 1. The minimum atomic E-state index is -0.0591. The van der Waals surface area contributed by atoms with Gasteiger partial charge in [0, 0.05) is 38.5 Å². The van der Waals surface area contributed by atoms with Gasteiger partial charge in [-0.05, 0) is 38.3 Å². The maximum atomic E-state index is 5.56. The van der Waals surface area contributed by atoms with Gasteiger partial charge >= 0.3 is 0 Å². The largest absolute Gasteiger partial charge is 0.379 e. The highest BCUT2D eigenvalue weighted by Gasteiger charge is 2.23. The first-order chi connectivity index (χ1) is 9.55. The lowest BCUT2D eigenvalue weighted by Crippen LogP contribution is -2.40. The molecule has 1 atom stereocenters. The van der Waals surface area contributed by atoms with E-state index in [4.69, 9.17) is 4.74 Å². The van der Waals surface area contributed by atoms with Gasteiger partial charge in [-0.15, -0.1) is 0 Å². The van der Waals surface area contributed by atoms with Crippen LogP contribution in [0.15, 0.2) is 24.3 Å². The van der Waals surface area contributed by atoms with Crippen molar-refractivity contribution < 1.29 is 4.74 Å². The number of para-hydroxylation sites is 1. The van der Waals surface area contributed by atoms with Gasteiger partial charge in [-0.2, -0.15) is 0 Å². The molecule has 1 aliphatic heterocycles. The maximum Gasteiger partial charge on any atom is 0.0639 e. The van der Waals surface area contributed by atoms with Crippen LogP contribution in [0.25, 0.3) is 0 Å². The van der Waals surface area contributed by atoms with Crippen molar-refractivity contribution >= 4 is 5.69 Å². The third-order valence-electron chi connectivity index (χ3n) is 4.38. The molecule has 1 N–H and O–H groups in total. The second kappa shape index (κ2) is 6.59. The number of benzene rings is 1. The van der Waals surface area contributed by atoms with E-state index in [-0.39, 0.29) is 5.60 Å². The zero-order chi connectivity index (χ0) is 14.6. The highest BCUT2D eigenvalue weighted by Crippen LogP contribution is 2.25. The fourth-order valence-electron chi connectivity index (χ4n) is 2.64. The molecule has 1 heterocycles. The van der Waals surface area contributed by atoms with E-state index in [9.17, 15) is 0 Å². The summed E-state index contributed by atoms with van der Waals surface area (Å²) in [7, 11) is 1.80. The average molecular weight is 276 g/mol. The van der Waals surface area contributed by atoms with Crippen molar-refractivity contribution in [2.45, 2.75) is 51.8 Å². The molecule has 3 heteroatoms. The molecular weight excluding hydrogens is 248 g/mol. The Labute approximate surface area is 123 Å². The number of nitrogens with zero attached hydrogens (tertiary/aromatic N) is 1. The van der Waals surface area contributed by atoms with Crippen LogP contribution in [-0.2, 0) is 11.3 Å². The number of hydrogen-bond acceptors (Lipinski definition) is 3. The van der Waals surface area contributed by atoms with Crippen LogP contribution in [0.2, 0.25) is 0 Å². The van der Waals surface area contributed by atoms with E-state index in [1.54, 1.807) is 7.11 Å². The van der Waals surface area contributed by atoms with E-state index in [2.05, 4.69) is 55.3 Å². The first kappa shape index (κ1) is 15.3. The van der Waals surface area contributed by atoms with E-state index >= 15 is 0 Å². The highest BCUT2D eigenvalue weighted by atomic mass is 16.5. The number of anilines is 1. The Kier molecular flexibility index (Phi) is 5.06. The van der Waals surface area contributed by atoms with Crippen LogP contribution in [-0.4, -0.2) is 31.8 Å². The minimum absolute atomic E-state index is 0.0591. The van der Waals surface area contributed by atoms with E-state index in [1.165, 1.54) is 11.3 Å². The summed E-state index contributed by atoms with van der Waals surface area (Å²) in [5.74, 6) is 0. The average Bonchev–Trinajstić information content (AvgIpc) is 2.65. The standard InChI is InChI=1S/C17H28N2O/c1-5-15-13-19(11-10-17(2,3)20-4)16-9-7-6-8-14(16)12-18-15/h6-9,15,18H,5,10-13H2,1-4H3. The van der Waals surface area contributed by atoms with Crippen LogP contribution in [0.4, 0.5) is 5.69 Å². The molecule has 0 radical (unpaired) electrons. The summed E-state index contributed by atoms with van der Waals surface area (Å²) in [6.45, 7) is 9.66. The summed E-state index contributed by atoms with van der Waals surface area (Å²) in [4.78, 5) is 2.52. The number of nitrogens with one attached hydrogen (secondary N) is 1. The van der Waals surface area contributed by atoms with Gasteiger partial charge in [-0.25, -0.2) is 0 Å². The third-order valence-corrected chi connectivity index (χ3v) is 4.38. The van der Waals surface area contributed by atoms with Crippen molar-refractivity contribution in [3.8, 4) is 0 Å². The second-order valence-corrected chi connectivity index (χ2v) is 6.27. The fraction of sp³-hybridized carbons (Fsp3) is 0.647. The predicted molar refractivity (Wildman–Crippen MR) is 85.3 cm³/mol. The quantitative estimate of drug-likeness (QED) is 0.894. The summed E-state index contributed by atoms with van der Waals surface area (Å²) in [5, 5.41) is 3.66. The molecule has 0 aliphatic carbocycles. The summed E-state index contributed by atoms with van der Waals surface area (Å²) < 4.78 is 5.56. The molecule has 1 aliphatic rings. The van der Waals surface area contributed by atoms with Gasteiger partial charge in [0.1, 0.15) is 0 Å².